The van der Waals surface area contributed by atoms with Gasteiger partial charge in [0.25, 0.3) is 0 Å². The average Bonchev–Trinajstić information content (AvgIpc) is 2.48. The van der Waals surface area contributed by atoms with Gasteiger partial charge in [-0.25, -0.2) is 4.98 Å². The van der Waals surface area contributed by atoms with Crippen LogP contribution in [0.25, 0.3) is 11.2 Å². The Bertz CT molecular complexity index is 334. The van der Waals surface area contributed by atoms with Gasteiger partial charge in [0.1, 0.15) is 0 Å². The molecule has 0 atom stereocenters. The van der Waals surface area contributed by atoms with Crippen LogP contribution in [0.3, 0.4) is 0 Å². The minimum absolute atomic E-state index is 0.661. The third-order valence-corrected chi connectivity index (χ3v) is 1.27. The maximum atomic E-state index is 5.19. The standard InChI is InChI=1S/C7H6N2O.C2H4/c1-5-9-7-6(10-5)3-2-4-8-7;1-2/h2-4H,1H3;1-2H2. The summed E-state index contributed by atoms with van der Waals surface area (Å²) in [5, 5.41) is 0. The Balaban J connectivity index is 0.000000336. The Kier molecular flexibility index (Phi) is 2.58. The molecule has 0 unspecified atom stereocenters. The second kappa shape index (κ2) is 3.67. The molecule has 0 N–H and O–H groups in total. The average molecular weight is 162 g/mol. The first kappa shape index (κ1) is 8.46. The lowest BCUT2D eigenvalue weighted by Gasteiger charge is -1.79. The number of rotatable bonds is 0. The Labute approximate surface area is 70.8 Å². The van der Waals surface area contributed by atoms with Gasteiger partial charge in [-0.05, 0) is 12.1 Å². The van der Waals surface area contributed by atoms with Crippen LogP contribution >= 0.6 is 0 Å². The van der Waals surface area contributed by atoms with E-state index in [1.54, 1.807) is 6.20 Å². The summed E-state index contributed by atoms with van der Waals surface area (Å²) in [5.41, 5.74) is 1.43. The maximum absolute atomic E-state index is 5.19. The van der Waals surface area contributed by atoms with Crippen molar-refractivity contribution in [3.8, 4) is 0 Å². The van der Waals surface area contributed by atoms with Gasteiger partial charge in [0, 0.05) is 13.1 Å². The lowest BCUT2D eigenvalue weighted by Crippen LogP contribution is -1.72. The van der Waals surface area contributed by atoms with Gasteiger partial charge in [-0.1, -0.05) is 0 Å². The molecule has 0 bridgehead atoms. The summed E-state index contributed by atoms with van der Waals surface area (Å²) < 4.78 is 5.19. The minimum atomic E-state index is 0.661. The number of nitrogens with zero attached hydrogens (tertiary/aromatic N) is 2. The van der Waals surface area contributed by atoms with Gasteiger partial charge < -0.3 is 4.42 Å². The fraction of sp³-hybridized carbons (Fsp3) is 0.111. The molecule has 0 amide bonds. The number of aromatic nitrogens is 2. The summed E-state index contributed by atoms with van der Waals surface area (Å²) in [7, 11) is 0. The van der Waals surface area contributed by atoms with Crippen molar-refractivity contribution in [3.63, 3.8) is 0 Å². The van der Waals surface area contributed by atoms with Crippen molar-refractivity contribution in [1.82, 2.24) is 9.97 Å². The summed E-state index contributed by atoms with van der Waals surface area (Å²) in [5.74, 6) is 0.661. The number of hydrogen-bond donors (Lipinski definition) is 0. The van der Waals surface area contributed by atoms with Gasteiger partial charge in [-0.3, -0.25) is 0 Å². The van der Waals surface area contributed by atoms with Crippen LogP contribution < -0.4 is 0 Å². The molecule has 0 spiro atoms. The minimum Gasteiger partial charge on any atom is -0.439 e. The predicted molar refractivity (Wildman–Crippen MR) is 47.8 cm³/mol. The molecule has 0 fully saturated rings. The zero-order valence-electron chi connectivity index (χ0n) is 6.95. The molecule has 0 aliphatic carbocycles. The summed E-state index contributed by atoms with van der Waals surface area (Å²) in [6.45, 7) is 7.81. The van der Waals surface area contributed by atoms with E-state index in [1.807, 2.05) is 19.1 Å². The van der Waals surface area contributed by atoms with E-state index in [0.29, 0.717) is 11.5 Å². The lowest BCUT2D eigenvalue weighted by atomic mass is 10.5. The van der Waals surface area contributed by atoms with Crippen molar-refractivity contribution >= 4 is 11.2 Å². The van der Waals surface area contributed by atoms with Gasteiger partial charge >= 0.3 is 0 Å². The Hall–Kier alpha value is -1.64. The molecular weight excluding hydrogens is 152 g/mol. The fourth-order valence-electron chi connectivity index (χ4n) is 0.877. The summed E-state index contributed by atoms with van der Waals surface area (Å²) >= 11 is 0. The van der Waals surface area contributed by atoms with E-state index in [4.69, 9.17) is 4.42 Å². The van der Waals surface area contributed by atoms with E-state index < -0.39 is 0 Å². The molecule has 0 saturated heterocycles. The second-order valence-electron chi connectivity index (χ2n) is 2.06. The SMILES string of the molecule is C=C.Cc1nc2ncccc2o1. The molecule has 2 aromatic rings. The van der Waals surface area contributed by atoms with Crippen LogP contribution in [0.4, 0.5) is 0 Å². The van der Waals surface area contributed by atoms with Crippen LogP contribution in [0.5, 0.6) is 0 Å². The molecule has 2 heterocycles. The van der Waals surface area contributed by atoms with Crippen LogP contribution in [0, 0.1) is 6.92 Å². The maximum Gasteiger partial charge on any atom is 0.198 e. The van der Waals surface area contributed by atoms with Gasteiger partial charge in [0.2, 0.25) is 0 Å². The van der Waals surface area contributed by atoms with E-state index in [1.165, 1.54) is 0 Å². The highest BCUT2D eigenvalue weighted by Crippen LogP contribution is 2.10. The number of hydrogen-bond acceptors (Lipinski definition) is 3. The van der Waals surface area contributed by atoms with Crippen molar-refractivity contribution < 1.29 is 4.42 Å². The summed E-state index contributed by atoms with van der Waals surface area (Å²) in [4.78, 5) is 8.03. The van der Waals surface area contributed by atoms with Gasteiger partial charge in [-0.2, -0.15) is 4.98 Å². The molecule has 0 aliphatic heterocycles. The van der Waals surface area contributed by atoms with Crippen molar-refractivity contribution in [2.45, 2.75) is 6.92 Å². The van der Waals surface area contributed by atoms with E-state index in [2.05, 4.69) is 23.1 Å². The van der Waals surface area contributed by atoms with Gasteiger partial charge in [0.15, 0.2) is 17.1 Å². The molecule has 2 rings (SSSR count). The van der Waals surface area contributed by atoms with E-state index in [0.717, 1.165) is 5.58 Å². The second-order valence-corrected chi connectivity index (χ2v) is 2.06. The number of fused-ring (bicyclic) bond motifs is 1. The Morgan fingerprint density at radius 1 is 1.42 bits per heavy atom. The topological polar surface area (TPSA) is 38.9 Å². The summed E-state index contributed by atoms with van der Waals surface area (Å²) in [6.07, 6.45) is 1.70. The lowest BCUT2D eigenvalue weighted by molar-refractivity contribution is 0.561. The molecular formula is C9H10N2O. The Morgan fingerprint density at radius 3 is 2.83 bits per heavy atom. The van der Waals surface area contributed by atoms with Crippen molar-refractivity contribution in [2.75, 3.05) is 0 Å². The van der Waals surface area contributed by atoms with Crippen LogP contribution in [-0.2, 0) is 0 Å². The molecule has 12 heavy (non-hydrogen) atoms. The molecule has 3 nitrogen and oxygen atoms in total. The highest BCUT2D eigenvalue weighted by molar-refractivity contribution is 5.66. The first-order chi connectivity index (χ1) is 5.86. The number of aryl methyl sites for hydroxylation is 1. The molecule has 0 saturated carbocycles. The smallest absolute Gasteiger partial charge is 0.198 e. The quantitative estimate of drug-likeness (QED) is 0.558. The van der Waals surface area contributed by atoms with Crippen molar-refractivity contribution in [3.05, 3.63) is 37.4 Å². The van der Waals surface area contributed by atoms with Gasteiger partial charge in [-0.15, -0.1) is 13.2 Å². The first-order valence-corrected chi connectivity index (χ1v) is 3.54. The van der Waals surface area contributed by atoms with Gasteiger partial charge in [0.05, 0.1) is 0 Å². The third kappa shape index (κ3) is 1.50. The van der Waals surface area contributed by atoms with Crippen LogP contribution in [0.15, 0.2) is 35.9 Å². The largest absolute Gasteiger partial charge is 0.439 e. The molecule has 62 valence electrons. The van der Waals surface area contributed by atoms with Crippen LogP contribution in [-0.4, -0.2) is 9.97 Å². The normalized spacial score (nSPS) is 9.08. The zero-order valence-corrected chi connectivity index (χ0v) is 6.95. The molecule has 2 aromatic heterocycles. The monoisotopic (exact) mass is 162 g/mol. The molecule has 0 radical (unpaired) electrons. The van der Waals surface area contributed by atoms with Crippen molar-refractivity contribution in [2.24, 2.45) is 0 Å². The van der Waals surface area contributed by atoms with Crippen LogP contribution in [0.2, 0.25) is 0 Å². The van der Waals surface area contributed by atoms with Crippen molar-refractivity contribution in [1.29, 1.82) is 0 Å². The molecule has 0 aliphatic rings. The fourth-order valence-corrected chi connectivity index (χ4v) is 0.877. The predicted octanol–water partition coefficient (Wildman–Crippen LogP) is 2.33. The Morgan fingerprint density at radius 2 is 2.17 bits per heavy atom. The summed E-state index contributed by atoms with van der Waals surface area (Å²) in [6, 6.07) is 3.68. The van der Waals surface area contributed by atoms with E-state index >= 15 is 0 Å². The van der Waals surface area contributed by atoms with E-state index in [9.17, 15) is 0 Å². The van der Waals surface area contributed by atoms with E-state index in [-0.39, 0.29) is 0 Å². The first-order valence-electron chi connectivity index (χ1n) is 3.54. The third-order valence-electron chi connectivity index (χ3n) is 1.27. The number of pyridine rings is 1. The van der Waals surface area contributed by atoms with Crippen LogP contribution in [0.1, 0.15) is 5.89 Å². The number of oxazole rings is 1. The molecule has 0 aromatic carbocycles. The molecule has 3 heteroatoms. The highest BCUT2D eigenvalue weighted by Gasteiger charge is 1.98. The zero-order chi connectivity index (χ0) is 8.97. The highest BCUT2D eigenvalue weighted by atomic mass is 16.3.